The maximum Gasteiger partial charge on any atom is 0.0651 e. The van der Waals surface area contributed by atoms with Crippen molar-refractivity contribution in [3.05, 3.63) is 46.8 Å². The van der Waals surface area contributed by atoms with Gasteiger partial charge in [0, 0.05) is 12.2 Å². The first kappa shape index (κ1) is 15.8. The van der Waals surface area contributed by atoms with E-state index < -0.39 is 0 Å². The number of nitrogens with zero attached hydrogens (tertiary/aromatic N) is 2. The second kappa shape index (κ2) is 7.41. The maximum atomic E-state index is 4.72. The summed E-state index contributed by atoms with van der Waals surface area (Å²) in [5, 5.41) is 8.18. The molecule has 1 aromatic carbocycles. The highest BCUT2D eigenvalue weighted by Crippen LogP contribution is 2.18. The van der Waals surface area contributed by atoms with Gasteiger partial charge in [-0.1, -0.05) is 26.8 Å². The molecule has 0 aliphatic rings. The normalized spacial score (nSPS) is 11.0. The van der Waals surface area contributed by atoms with E-state index in [9.17, 15) is 0 Å². The molecule has 1 aromatic heterocycles. The van der Waals surface area contributed by atoms with Crippen LogP contribution in [-0.4, -0.2) is 16.3 Å². The van der Waals surface area contributed by atoms with Gasteiger partial charge in [-0.25, -0.2) is 4.68 Å². The van der Waals surface area contributed by atoms with Gasteiger partial charge in [0.2, 0.25) is 0 Å². The van der Waals surface area contributed by atoms with E-state index in [0.717, 1.165) is 31.6 Å². The molecule has 0 saturated carbocycles. The van der Waals surface area contributed by atoms with Crippen molar-refractivity contribution in [2.75, 3.05) is 6.54 Å². The molecule has 0 fully saturated rings. The second-order valence-corrected chi connectivity index (χ2v) is 5.53. The Bertz CT molecular complexity index is 584. The Morgan fingerprint density at radius 1 is 1.10 bits per heavy atom. The van der Waals surface area contributed by atoms with Crippen LogP contribution >= 0.6 is 0 Å². The summed E-state index contributed by atoms with van der Waals surface area (Å²) in [4.78, 5) is 0. The van der Waals surface area contributed by atoms with Crippen LogP contribution in [0.3, 0.4) is 0 Å². The van der Waals surface area contributed by atoms with Crippen molar-refractivity contribution in [1.29, 1.82) is 0 Å². The maximum absolute atomic E-state index is 4.72. The van der Waals surface area contributed by atoms with Crippen LogP contribution in [0.25, 0.3) is 5.69 Å². The highest BCUT2D eigenvalue weighted by atomic mass is 15.3. The summed E-state index contributed by atoms with van der Waals surface area (Å²) in [7, 11) is 0. The molecule has 3 heteroatoms. The zero-order valence-electron chi connectivity index (χ0n) is 13.7. The number of nitrogens with one attached hydrogen (secondary N) is 1. The van der Waals surface area contributed by atoms with Crippen molar-refractivity contribution in [1.82, 2.24) is 15.1 Å². The van der Waals surface area contributed by atoms with Crippen molar-refractivity contribution in [2.24, 2.45) is 0 Å². The molecule has 2 rings (SSSR count). The molecule has 0 saturated heterocycles. The lowest BCUT2D eigenvalue weighted by molar-refractivity contribution is 0.673. The summed E-state index contributed by atoms with van der Waals surface area (Å²) in [5.74, 6) is 0. The van der Waals surface area contributed by atoms with Gasteiger partial charge in [0.1, 0.15) is 0 Å². The minimum absolute atomic E-state index is 0.944. The van der Waals surface area contributed by atoms with Gasteiger partial charge in [-0.3, -0.25) is 0 Å². The van der Waals surface area contributed by atoms with E-state index in [2.05, 4.69) is 62.0 Å². The van der Waals surface area contributed by atoms with Crippen LogP contribution in [0, 0.1) is 6.92 Å². The van der Waals surface area contributed by atoms with Crippen molar-refractivity contribution >= 4 is 0 Å². The number of rotatable bonds is 7. The Hall–Kier alpha value is -1.61. The number of hydrogen-bond donors (Lipinski definition) is 1. The highest BCUT2D eigenvalue weighted by molar-refractivity contribution is 5.41. The molecule has 2 aromatic rings. The lowest BCUT2D eigenvalue weighted by Crippen LogP contribution is -2.14. The lowest BCUT2D eigenvalue weighted by atomic mass is 10.1. The van der Waals surface area contributed by atoms with Gasteiger partial charge in [-0.05, 0) is 62.1 Å². The lowest BCUT2D eigenvalue weighted by Gasteiger charge is -2.11. The van der Waals surface area contributed by atoms with Crippen LogP contribution < -0.4 is 5.32 Å². The van der Waals surface area contributed by atoms with Gasteiger partial charge in [0.25, 0.3) is 0 Å². The molecule has 114 valence electrons. The average molecular weight is 285 g/mol. The Morgan fingerprint density at radius 2 is 1.90 bits per heavy atom. The largest absolute Gasteiger partial charge is 0.313 e. The molecule has 21 heavy (non-hydrogen) atoms. The van der Waals surface area contributed by atoms with Crippen molar-refractivity contribution < 1.29 is 0 Å². The Labute approximate surface area is 128 Å². The minimum atomic E-state index is 0.944. The number of aromatic nitrogens is 2. The van der Waals surface area contributed by atoms with Gasteiger partial charge in [0.05, 0.1) is 11.4 Å². The van der Waals surface area contributed by atoms with Gasteiger partial charge >= 0.3 is 0 Å². The van der Waals surface area contributed by atoms with E-state index in [-0.39, 0.29) is 0 Å². The highest BCUT2D eigenvalue weighted by Gasteiger charge is 2.08. The predicted molar refractivity (Wildman–Crippen MR) is 89.1 cm³/mol. The van der Waals surface area contributed by atoms with Crippen LogP contribution in [0.4, 0.5) is 0 Å². The van der Waals surface area contributed by atoms with E-state index >= 15 is 0 Å². The number of hydrogen-bond acceptors (Lipinski definition) is 2. The summed E-state index contributed by atoms with van der Waals surface area (Å²) in [6.45, 7) is 10.7. The van der Waals surface area contributed by atoms with Gasteiger partial charge in [-0.2, -0.15) is 5.10 Å². The standard InChI is InChI=1S/C18H27N3/c1-5-10-19-13-15-8-9-18(11-14(15)4)21-17(7-3)12-16(6-2)20-21/h8-9,11-12,19H,5-7,10,13H2,1-4H3. The molecule has 0 spiro atoms. The first-order valence-electron chi connectivity index (χ1n) is 8.08. The molecule has 1 heterocycles. The summed E-state index contributed by atoms with van der Waals surface area (Å²) in [5.41, 5.74) is 6.31. The Balaban J connectivity index is 2.25. The first-order valence-corrected chi connectivity index (χ1v) is 8.08. The third kappa shape index (κ3) is 3.73. The van der Waals surface area contributed by atoms with E-state index in [1.807, 2.05) is 0 Å². The van der Waals surface area contributed by atoms with Crippen LogP contribution in [0.5, 0.6) is 0 Å². The molecule has 0 unspecified atom stereocenters. The molecule has 0 amide bonds. The Morgan fingerprint density at radius 3 is 2.52 bits per heavy atom. The van der Waals surface area contributed by atoms with Crippen molar-refractivity contribution in [3.63, 3.8) is 0 Å². The van der Waals surface area contributed by atoms with Crippen molar-refractivity contribution in [2.45, 2.75) is 53.5 Å². The fraction of sp³-hybridized carbons (Fsp3) is 0.500. The summed E-state index contributed by atoms with van der Waals surface area (Å²) in [6.07, 6.45) is 3.16. The van der Waals surface area contributed by atoms with Crippen LogP contribution in [0.2, 0.25) is 0 Å². The third-order valence-corrected chi connectivity index (χ3v) is 3.87. The minimum Gasteiger partial charge on any atom is -0.313 e. The summed E-state index contributed by atoms with van der Waals surface area (Å²) in [6, 6.07) is 8.86. The second-order valence-electron chi connectivity index (χ2n) is 5.53. The van der Waals surface area contributed by atoms with Crippen LogP contribution in [-0.2, 0) is 19.4 Å². The average Bonchev–Trinajstić information content (AvgIpc) is 2.92. The molecule has 0 atom stereocenters. The third-order valence-electron chi connectivity index (χ3n) is 3.87. The number of benzene rings is 1. The van der Waals surface area contributed by atoms with E-state index in [0.29, 0.717) is 0 Å². The van der Waals surface area contributed by atoms with Crippen molar-refractivity contribution in [3.8, 4) is 5.69 Å². The molecule has 0 aliphatic heterocycles. The Kier molecular flexibility index (Phi) is 5.57. The molecule has 0 aliphatic carbocycles. The molecule has 0 radical (unpaired) electrons. The molecule has 0 bridgehead atoms. The smallest absolute Gasteiger partial charge is 0.0651 e. The predicted octanol–water partition coefficient (Wildman–Crippen LogP) is 3.81. The van der Waals surface area contributed by atoms with E-state index in [1.165, 1.54) is 28.9 Å². The van der Waals surface area contributed by atoms with Crippen LogP contribution in [0.1, 0.15) is 49.7 Å². The summed E-state index contributed by atoms with van der Waals surface area (Å²) < 4.78 is 2.09. The number of aryl methyl sites for hydroxylation is 3. The molecule has 1 N–H and O–H groups in total. The monoisotopic (exact) mass is 285 g/mol. The van der Waals surface area contributed by atoms with E-state index in [1.54, 1.807) is 0 Å². The molecule has 3 nitrogen and oxygen atoms in total. The zero-order valence-corrected chi connectivity index (χ0v) is 13.7. The zero-order chi connectivity index (χ0) is 15.2. The van der Waals surface area contributed by atoms with Gasteiger partial charge < -0.3 is 5.32 Å². The first-order chi connectivity index (χ1) is 10.2. The SMILES string of the molecule is CCCNCc1ccc(-n2nc(CC)cc2CC)cc1C. The quantitative estimate of drug-likeness (QED) is 0.784. The molecular formula is C18H27N3. The fourth-order valence-electron chi connectivity index (χ4n) is 2.53. The molecular weight excluding hydrogens is 258 g/mol. The van der Waals surface area contributed by atoms with Gasteiger partial charge in [0.15, 0.2) is 0 Å². The van der Waals surface area contributed by atoms with E-state index in [4.69, 9.17) is 5.10 Å². The summed E-state index contributed by atoms with van der Waals surface area (Å²) >= 11 is 0. The van der Waals surface area contributed by atoms with Crippen LogP contribution in [0.15, 0.2) is 24.3 Å². The van der Waals surface area contributed by atoms with Gasteiger partial charge in [-0.15, -0.1) is 0 Å². The fourth-order valence-corrected chi connectivity index (χ4v) is 2.53. The topological polar surface area (TPSA) is 29.9 Å².